The Kier molecular flexibility index (Phi) is 9.01. The summed E-state index contributed by atoms with van der Waals surface area (Å²) in [6, 6.07) is 12.6. The summed E-state index contributed by atoms with van der Waals surface area (Å²) in [6.45, 7) is 7.63. The van der Waals surface area contributed by atoms with Crippen molar-refractivity contribution in [2.45, 2.75) is 70.9 Å². The first-order chi connectivity index (χ1) is 18.2. The molecule has 0 spiro atoms. The summed E-state index contributed by atoms with van der Waals surface area (Å²) >= 11 is 0. The molecular formula is C29H38N4O5. The van der Waals surface area contributed by atoms with Crippen molar-refractivity contribution in [3.05, 3.63) is 59.2 Å². The van der Waals surface area contributed by atoms with E-state index >= 15 is 0 Å². The van der Waals surface area contributed by atoms with Crippen LogP contribution in [0.3, 0.4) is 0 Å². The number of rotatable bonds is 9. The maximum atomic E-state index is 13.0. The molecule has 3 N–H and O–H groups in total. The van der Waals surface area contributed by atoms with Crippen LogP contribution in [0.25, 0.3) is 0 Å². The molecule has 204 valence electrons. The number of imide groups is 1. The van der Waals surface area contributed by atoms with E-state index in [1.165, 1.54) is 23.6 Å². The van der Waals surface area contributed by atoms with Gasteiger partial charge in [-0.3, -0.25) is 24.6 Å². The number of phenols is 1. The monoisotopic (exact) mass is 522 g/mol. The van der Waals surface area contributed by atoms with Crippen LogP contribution in [0.15, 0.2) is 42.5 Å². The third kappa shape index (κ3) is 6.90. The molecule has 2 aromatic rings. The van der Waals surface area contributed by atoms with Gasteiger partial charge < -0.3 is 20.1 Å². The lowest BCUT2D eigenvalue weighted by atomic mass is 10.0. The Morgan fingerprint density at radius 3 is 2.45 bits per heavy atom. The van der Waals surface area contributed by atoms with E-state index in [0.717, 1.165) is 38.0 Å². The Morgan fingerprint density at radius 2 is 1.79 bits per heavy atom. The van der Waals surface area contributed by atoms with Gasteiger partial charge >= 0.3 is 0 Å². The molecule has 2 aliphatic heterocycles. The third-order valence-corrected chi connectivity index (χ3v) is 7.18. The highest BCUT2D eigenvalue weighted by Crippen LogP contribution is 2.30. The SMILES string of the molecule is CC(C)OC1CCN(Cc2ccc(CNc3cccc(C(=O)N(C)C4CCC(=O)NC4=O)c3O)cc2)CC1. The molecule has 1 atom stereocenters. The van der Waals surface area contributed by atoms with Crippen LogP contribution >= 0.6 is 0 Å². The summed E-state index contributed by atoms with van der Waals surface area (Å²) in [5, 5.41) is 16.3. The number of aromatic hydroxyl groups is 1. The Labute approximate surface area is 224 Å². The number of amides is 3. The number of likely N-dealkylation sites (N-methyl/N-ethyl adjacent to an activating group) is 1. The number of carbonyl (C=O) groups is 3. The zero-order valence-corrected chi connectivity index (χ0v) is 22.4. The van der Waals surface area contributed by atoms with E-state index in [9.17, 15) is 19.5 Å². The molecule has 2 heterocycles. The van der Waals surface area contributed by atoms with Crippen LogP contribution < -0.4 is 10.6 Å². The zero-order valence-electron chi connectivity index (χ0n) is 22.4. The predicted octanol–water partition coefficient (Wildman–Crippen LogP) is 3.27. The molecule has 0 radical (unpaired) electrons. The topological polar surface area (TPSA) is 111 Å². The van der Waals surface area contributed by atoms with Crippen LogP contribution in [-0.4, -0.2) is 71.0 Å². The molecule has 0 aromatic heterocycles. The van der Waals surface area contributed by atoms with E-state index in [1.54, 1.807) is 12.1 Å². The third-order valence-electron chi connectivity index (χ3n) is 7.18. The van der Waals surface area contributed by atoms with Gasteiger partial charge in [0.05, 0.1) is 23.5 Å². The normalized spacial score (nSPS) is 18.9. The second-order valence-corrected chi connectivity index (χ2v) is 10.4. The maximum absolute atomic E-state index is 13.0. The molecule has 2 aliphatic rings. The standard InChI is InChI=1S/C29H38N4O5/c1-19(2)38-22-13-15-33(16-14-22)18-21-9-7-20(8-10-21)17-30-24-6-4-5-23(27(24)35)29(37)32(3)25-11-12-26(34)31-28(25)36/h4-10,19,22,25,30,35H,11-18H2,1-3H3,(H,31,34,36). The predicted molar refractivity (Wildman–Crippen MR) is 145 cm³/mol. The van der Waals surface area contributed by atoms with E-state index in [2.05, 4.69) is 53.6 Å². The average Bonchev–Trinajstić information content (AvgIpc) is 2.89. The molecule has 9 heteroatoms. The molecule has 2 aromatic carbocycles. The molecule has 0 saturated carbocycles. The van der Waals surface area contributed by atoms with Gasteiger partial charge in [0.25, 0.3) is 5.91 Å². The quantitative estimate of drug-likeness (QED) is 0.342. The summed E-state index contributed by atoms with van der Waals surface area (Å²) in [7, 11) is 1.51. The fourth-order valence-electron chi connectivity index (χ4n) is 5.05. The zero-order chi connectivity index (χ0) is 27.2. The molecule has 2 saturated heterocycles. The number of likely N-dealkylation sites (tertiary alicyclic amines) is 1. The second kappa shape index (κ2) is 12.4. The van der Waals surface area contributed by atoms with Gasteiger partial charge in [0.15, 0.2) is 5.75 Å². The fraction of sp³-hybridized carbons (Fsp3) is 0.483. The van der Waals surface area contributed by atoms with Crippen molar-refractivity contribution in [1.29, 1.82) is 0 Å². The van der Waals surface area contributed by atoms with E-state index in [-0.39, 0.29) is 36.2 Å². The summed E-state index contributed by atoms with van der Waals surface area (Å²) in [5.41, 5.74) is 2.83. The number of hydrogen-bond donors (Lipinski definition) is 3. The van der Waals surface area contributed by atoms with Gasteiger partial charge in [-0.1, -0.05) is 30.3 Å². The lowest BCUT2D eigenvalue weighted by molar-refractivity contribution is -0.136. The van der Waals surface area contributed by atoms with Gasteiger partial charge in [0.2, 0.25) is 11.8 Å². The van der Waals surface area contributed by atoms with Crippen LogP contribution in [0.1, 0.15) is 61.0 Å². The Morgan fingerprint density at radius 1 is 1.11 bits per heavy atom. The van der Waals surface area contributed by atoms with Gasteiger partial charge in [-0.15, -0.1) is 0 Å². The highest BCUT2D eigenvalue weighted by atomic mass is 16.5. The fourth-order valence-corrected chi connectivity index (χ4v) is 5.05. The van der Waals surface area contributed by atoms with Gasteiger partial charge in [0, 0.05) is 39.6 Å². The van der Waals surface area contributed by atoms with Crippen molar-refractivity contribution in [1.82, 2.24) is 15.1 Å². The van der Waals surface area contributed by atoms with E-state index in [1.807, 2.05) is 0 Å². The lowest BCUT2D eigenvalue weighted by Crippen LogP contribution is -2.52. The minimum Gasteiger partial charge on any atom is -0.505 e. The number of hydrogen-bond acceptors (Lipinski definition) is 7. The van der Waals surface area contributed by atoms with Crippen LogP contribution in [-0.2, 0) is 27.4 Å². The summed E-state index contributed by atoms with van der Waals surface area (Å²) < 4.78 is 5.95. The Bertz CT molecular complexity index is 1140. The highest BCUT2D eigenvalue weighted by Gasteiger charge is 2.33. The molecule has 38 heavy (non-hydrogen) atoms. The molecular weight excluding hydrogens is 484 g/mol. The first-order valence-electron chi connectivity index (χ1n) is 13.3. The molecule has 0 bridgehead atoms. The average molecular weight is 523 g/mol. The second-order valence-electron chi connectivity index (χ2n) is 10.4. The largest absolute Gasteiger partial charge is 0.505 e. The first-order valence-corrected chi connectivity index (χ1v) is 13.3. The van der Waals surface area contributed by atoms with Crippen LogP contribution in [0.5, 0.6) is 5.75 Å². The van der Waals surface area contributed by atoms with E-state index < -0.39 is 17.9 Å². The van der Waals surface area contributed by atoms with Crippen LogP contribution in [0, 0.1) is 0 Å². The van der Waals surface area contributed by atoms with Crippen LogP contribution in [0.4, 0.5) is 5.69 Å². The minimum absolute atomic E-state index is 0.0973. The Hall–Kier alpha value is -3.43. The van der Waals surface area contributed by atoms with Gasteiger partial charge in [-0.05, 0) is 56.4 Å². The number of nitrogens with one attached hydrogen (secondary N) is 2. The minimum atomic E-state index is -0.755. The van der Waals surface area contributed by atoms with Gasteiger partial charge in [-0.2, -0.15) is 0 Å². The first kappa shape index (κ1) is 27.6. The van der Waals surface area contributed by atoms with Crippen molar-refractivity contribution in [3.8, 4) is 5.75 Å². The highest BCUT2D eigenvalue weighted by molar-refractivity contribution is 6.05. The molecule has 2 fully saturated rings. The van der Waals surface area contributed by atoms with Gasteiger partial charge in [0.1, 0.15) is 6.04 Å². The number of piperidine rings is 2. The van der Waals surface area contributed by atoms with E-state index in [4.69, 9.17) is 4.74 Å². The van der Waals surface area contributed by atoms with Crippen molar-refractivity contribution in [2.75, 3.05) is 25.5 Å². The maximum Gasteiger partial charge on any atom is 0.258 e. The lowest BCUT2D eigenvalue weighted by Gasteiger charge is -2.32. The van der Waals surface area contributed by atoms with Crippen molar-refractivity contribution >= 4 is 23.4 Å². The van der Waals surface area contributed by atoms with Crippen molar-refractivity contribution < 1.29 is 24.2 Å². The summed E-state index contributed by atoms with van der Waals surface area (Å²) in [4.78, 5) is 40.4. The smallest absolute Gasteiger partial charge is 0.258 e. The van der Waals surface area contributed by atoms with E-state index in [0.29, 0.717) is 18.3 Å². The Balaban J connectivity index is 1.31. The molecule has 1 unspecified atom stereocenters. The van der Waals surface area contributed by atoms with Crippen molar-refractivity contribution in [2.24, 2.45) is 0 Å². The number of ether oxygens (including phenoxy) is 1. The number of nitrogens with zero attached hydrogens (tertiary/aromatic N) is 2. The summed E-state index contributed by atoms with van der Waals surface area (Å²) in [5.74, 6) is -1.49. The summed E-state index contributed by atoms with van der Waals surface area (Å²) in [6.07, 6.45) is 3.20. The number of carbonyl (C=O) groups excluding carboxylic acids is 3. The number of phenolic OH excluding ortho intramolecular Hbond substituents is 1. The molecule has 0 aliphatic carbocycles. The number of benzene rings is 2. The number of anilines is 1. The molecule has 4 rings (SSSR count). The van der Waals surface area contributed by atoms with Crippen LogP contribution in [0.2, 0.25) is 0 Å². The molecule has 3 amide bonds. The number of para-hydroxylation sites is 1. The van der Waals surface area contributed by atoms with Crippen molar-refractivity contribution in [3.63, 3.8) is 0 Å². The molecule has 9 nitrogen and oxygen atoms in total. The van der Waals surface area contributed by atoms with Gasteiger partial charge in [-0.25, -0.2) is 0 Å².